The molecule has 0 fully saturated rings. The molecule has 0 spiro atoms. The summed E-state index contributed by atoms with van der Waals surface area (Å²) in [6.45, 7) is 8.57. The van der Waals surface area contributed by atoms with Crippen molar-refractivity contribution in [2.24, 2.45) is 5.73 Å². The molecule has 3 amide bonds. The molecule has 0 heterocycles. The molecule has 0 saturated heterocycles. The fourth-order valence-corrected chi connectivity index (χ4v) is 2.69. The Hall–Kier alpha value is -1.49. The summed E-state index contributed by atoms with van der Waals surface area (Å²) in [6, 6.07) is 5.61. The highest BCUT2D eigenvalue weighted by Crippen LogP contribution is 2.29. The van der Waals surface area contributed by atoms with Gasteiger partial charge in [0.2, 0.25) is 5.91 Å². The Morgan fingerprint density at radius 2 is 1.95 bits per heavy atom. The second-order valence-electron chi connectivity index (χ2n) is 5.74. The Morgan fingerprint density at radius 1 is 1.30 bits per heavy atom. The van der Waals surface area contributed by atoms with Crippen molar-refractivity contribution in [1.82, 2.24) is 5.32 Å². The lowest BCUT2D eigenvalue weighted by atomic mass is 9.87. The van der Waals surface area contributed by atoms with Crippen molar-refractivity contribution >= 4 is 23.7 Å². The highest BCUT2D eigenvalue weighted by atomic mass is 32.2. The maximum absolute atomic E-state index is 11.3. The lowest BCUT2D eigenvalue weighted by Crippen LogP contribution is -2.35. The van der Waals surface area contributed by atoms with Gasteiger partial charge in [0.15, 0.2) is 0 Å². The number of carbonyl (C=O) groups is 2. The van der Waals surface area contributed by atoms with Crippen LogP contribution < -0.4 is 11.1 Å². The minimum absolute atomic E-state index is 0.104. The topological polar surface area (TPSA) is 72.2 Å². The molecule has 0 aliphatic rings. The van der Waals surface area contributed by atoms with E-state index in [2.05, 4.69) is 51.2 Å². The van der Waals surface area contributed by atoms with Gasteiger partial charge in [-0.2, -0.15) is 0 Å². The molecule has 1 rings (SSSR count). The van der Waals surface area contributed by atoms with Crippen LogP contribution in [0.4, 0.5) is 4.79 Å². The Bertz CT molecular complexity index is 507. The number of nitrogens with two attached hydrogens (primary N) is 1. The predicted octanol–water partition coefficient (Wildman–Crippen LogP) is 2.97. The number of rotatable bonds is 4. The van der Waals surface area contributed by atoms with Gasteiger partial charge in [-0.05, 0) is 29.5 Å². The van der Waals surface area contributed by atoms with E-state index >= 15 is 0 Å². The van der Waals surface area contributed by atoms with Crippen LogP contribution in [-0.2, 0) is 10.2 Å². The number of nitrogens with one attached hydrogen (secondary N) is 1. The van der Waals surface area contributed by atoms with Crippen molar-refractivity contribution in [3.05, 3.63) is 29.3 Å². The van der Waals surface area contributed by atoms with Crippen LogP contribution in [0.2, 0.25) is 0 Å². The van der Waals surface area contributed by atoms with E-state index in [1.807, 2.05) is 0 Å². The number of carbonyl (C=O) groups excluding carboxylic acids is 2. The van der Waals surface area contributed by atoms with Crippen molar-refractivity contribution in [3.63, 3.8) is 0 Å². The summed E-state index contributed by atoms with van der Waals surface area (Å²) in [5.74, 6) is 0.280. The van der Waals surface area contributed by atoms with E-state index in [1.54, 1.807) is 11.8 Å². The quantitative estimate of drug-likeness (QED) is 0.839. The lowest BCUT2D eigenvalue weighted by Gasteiger charge is -2.20. The van der Waals surface area contributed by atoms with Crippen LogP contribution in [-0.4, -0.2) is 17.7 Å². The Labute approximate surface area is 124 Å². The monoisotopic (exact) mass is 294 g/mol. The van der Waals surface area contributed by atoms with Gasteiger partial charge < -0.3 is 5.73 Å². The molecule has 1 aromatic rings. The van der Waals surface area contributed by atoms with E-state index in [9.17, 15) is 9.59 Å². The van der Waals surface area contributed by atoms with Gasteiger partial charge in [-0.15, -0.1) is 11.8 Å². The Kier molecular flexibility index (Phi) is 5.62. The summed E-state index contributed by atoms with van der Waals surface area (Å²) in [4.78, 5) is 23.0. The van der Waals surface area contributed by atoms with Gasteiger partial charge in [-0.1, -0.05) is 32.9 Å². The van der Waals surface area contributed by atoms with Gasteiger partial charge in [0.05, 0.1) is 0 Å². The molecule has 4 nitrogen and oxygen atoms in total. The summed E-state index contributed by atoms with van der Waals surface area (Å²) in [7, 11) is 0. The second-order valence-corrected chi connectivity index (χ2v) is 6.88. The molecule has 0 unspecified atom stereocenters. The second kappa shape index (κ2) is 6.79. The van der Waals surface area contributed by atoms with E-state index in [-0.39, 0.29) is 17.7 Å². The summed E-state index contributed by atoms with van der Waals surface area (Å²) in [5, 5.41) is 2.07. The number of primary amides is 1. The van der Waals surface area contributed by atoms with Crippen LogP contribution >= 0.6 is 11.8 Å². The summed E-state index contributed by atoms with van der Waals surface area (Å²) in [6.07, 6.45) is 0.271. The lowest BCUT2D eigenvalue weighted by molar-refractivity contribution is -0.119. The van der Waals surface area contributed by atoms with E-state index in [4.69, 9.17) is 5.73 Å². The average Bonchev–Trinajstić information content (AvgIpc) is 2.29. The first-order chi connectivity index (χ1) is 9.20. The standard InChI is InChI=1S/C15H22N2O2S/c1-10-5-6-11(15(2,3)4)9-12(10)20-8-7-13(18)17-14(16)19/h5-6,9H,7-8H2,1-4H3,(H3,16,17,18,19). The number of aryl methyl sites for hydroxylation is 1. The third-order valence-corrected chi connectivity index (χ3v) is 4.06. The molecular formula is C15H22N2O2S. The maximum atomic E-state index is 11.3. The molecule has 0 bridgehead atoms. The number of hydrogen-bond acceptors (Lipinski definition) is 3. The summed E-state index contributed by atoms with van der Waals surface area (Å²) >= 11 is 1.62. The van der Waals surface area contributed by atoms with Crippen molar-refractivity contribution in [2.75, 3.05) is 5.75 Å². The average molecular weight is 294 g/mol. The molecule has 1 aromatic carbocycles. The van der Waals surface area contributed by atoms with Gasteiger partial charge in [0.25, 0.3) is 0 Å². The van der Waals surface area contributed by atoms with Gasteiger partial charge in [0.1, 0.15) is 0 Å². The highest BCUT2D eigenvalue weighted by Gasteiger charge is 2.15. The van der Waals surface area contributed by atoms with E-state index < -0.39 is 6.03 Å². The van der Waals surface area contributed by atoms with Gasteiger partial charge in [-0.25, -0.2) is 4.79 Å². The van der Waals surface area contributed by atoms with Crippen molar-refractivity contribution < 1.29 is 9.59 Å². The predicted molar refractivity (Wildman–Crippen MR) is 82.9 cm³/mol. The van der Waals surface area contributed by atoms with Crippen molar-refractivity contribution in [3.8, 4) is 0 Å². The minimum Gasteiger partial charge on any atom is -0.351 e. The van der Waals surface area contributed by atoms with Crippen LogP contribution in [0.15, 0.2) is 23.1 Å². The van der Waals surface area contributed by atoms with E-state index in [0.717, 1.165) is 0 Å². The normalized spacial score (nSPS) is 11.2. The third kappa shape index (κ3) is 5.25. The third-order valence-electron chi connectivity index (χ3n) is 2.90. The number of imide groups is 1. The van der Waals surface area contributed by atoms with Gasteiger partial charge in [0, 0.05) is 17.1 Å². The van der Waals surface area contributed by atoms with E-state index in [1.165, 1.54) is 16.0 Å². The SMILES string of the molecule is Cc1ccc(C(C)(C)C)cc1SCCC(=O)NC(N)=O. The van der Waals surface area contributed by atoms with Crippen molar-refractivity contribution in [2.45, 2.75) is 44.4 Å². The zero-order valence-corrected chi connectivity index (χ0v) is 13.3. The fraction of sp³-hybridized carbons (Fsp3) is 0.467. The van der Waals surface area contributed by atoms with Crippen LogP contribution in [0.1, 0.15) is 38.3 Å². The maximum Gasteiger partial charge on any atom is 0.318 e. The molecule has 0 radical (unpaired) electrons. The van der Waals surface area contributed by atoms with Crippen LogP contribution in [0.3, 0.4) is 0 Å². The Balaban J connectivity index is 2.64. The number of hydrogen-bond donors (Lipinski definition) is 2. The zero-order valence-electron chi connectivity index (χ0n) is 12.4. The highest BCUT2D eigenvalue weighted by molar-refractivity contribution is 7.99. The molecule has 0 atom stereocenters. The smallest absolute Gasteiger partial charge is 0.318 e. The fourth-order valence-electron chi connectivity index (χ4n) is 1.68. The van der Waals surface area contributed by atoms with Gasteiger partial charge in [-0.3, -0.25) is 10.1 Å². The van der Waals surface area contributed by atoms with Gasteiger partial charge >= 0.3 is 6.03 Å². The number of thioether (sulfide) groups is 1. The molecule has 110 valence electrons. The number of urea groups is 1. The summed E-state index contributed by atoms with van der Waals surface area (Å²) < 4.78 is 0. The van der Waals surface area contributed by atoms with E-state index in [0.29, 0.717) is 5.75 Å². The molecule has 5 heteroatoms. The molecule has 3 N–H and O–H groups in total. The molecular weight excluding hydrogens is 272 g/mol. The summed E-state index contributed by atoms with van der Waals surface area (Å²) in [5.41, 5.74) is 7.46. The molecule has 0 aliphatic heterocycles. The van der Waals surface area contributed by atoms with Crippen LogP contribution in [0.5, 0.6) is 0 Å². The molecule has 0 aromatic heterocycles. The minimum atomic E-state index is -0.800. The van der Waals surface area contributed by atoms with Crippen molar-refractivity contribution in [1.29, 1.82) is 0 Å². The Morgan fingerprint density at radius 3 is 2.50 bits per heavy atom. The number of amides is 3. The first-order valence-corrected chi connectivity index (χ1v) is 7.52. The zero-order chi connectivity index (χ0) is 15.3. The largest absolute Gasteiger partial charge is 0.351 e. The first kappa shape index (κ1) is 16.6. The van der Waals surface area contributed by atoms with Crippen LogP contribution in [0, 0.1) is 6.92 Å². The van der Waals surface area contributed by atoms with Crippen LogP contribution in [0.25, 0.3) is 0 Å². The molecule has 0 saturated carbocycles. The molecule has 0 aliphatic carbocycles. The first-order valence-electron chi connectivity index (χ1n) is 6.53. The molecule has 20 heavy (non-hydrogen) atoms. The number of benzene rings is 1.